The van der Waals surface area contributed by atoms with Gasteiger partial charge in [0, 0.05) is 23.6 Å². The van der Waals surface area contributed by atoms with Crippen molar-refractivity contribution >= 4 is 17.7 Å². The van der Waals surface area contributed by atoms with E-state index in [0.717, 1.165) is 17.0 Å². The molecule has 1 aromatic carbocycles. The number of amides is 1. The number of carbonyl (C=O) groups is 1. The molecule has 0 radical (unpaired) electrons. The molecule has 0 atom stereocenters. The predicted molar refractivity (Wildman–Crippen MR) is 98.8 cm³/mol. The van der Waals surface area contributed by atoms with E-state index in [-0.39, 0.29) is 11.7 Å². The summed E-state index contributed by atoms with van der Waals surface area (Å²) >= 11 is 1.25. The second-order valence-corrected chi connectivity index (χ2v) is 6.11. The van der Waals surface area contributed by atoms with E-state index in [4.69, 9.17) is 10.6 Å². The van der Waals surface area contributed by atoms with Crippen LogP contribution in [0.5, 0.6) is 5.75 Å². The highest BCUT2D eigenvalue weighted by Gasteiger charge is 2.17. The lowest BCUT2D eigenvalue weighted by atomic mass is 10.2. The summed E-state index contributed by atoms with van der Waals surface area (Å²) in [6.07, 6.45) is 3.42. The average molecular weight is 370 g/mol. The SMILES string of the molecule is CCOc1ccc(-n2c(SCC(=O)NN)nnc2-c2cccnc2)cc1. The molecule has 1 amide bonds. The summed E-state index contributed by atoms with van der Waals surface area (Å²) in [7, 11) is 0. The first-order valence-electron chi connectivity index (χ1n) is 7.94. The molecule has 3 rings (SSSR count). The first kappa shape index (κ1) is 17.9. The zero-order valence-electron chi connectivity index (χ0n) is 14.1. The third-order valence-corrected chi connectivity index (χ3v) is 4.38. The molecule has 9 heteroatoms. The van der Waals surface area contributed by atoms with E-state index in [1.807, 2.05) is 47.9 Å². The van der Waals surface area contributed by atoms with Crippen molar-refractivity contribution in [3.8, 4) is 22.8 Å². The molecular formula is C17H18N6O2S. The third-order valence-electron chi connectivity index (χ3n) is 3.45. The fourth-order valence-corrected chi connectivity index (χ4v) is 3.07. The minimum absolute atomic E-state index is 0.138. The summed E-state index contributed by atoms with van der Waals surface area (Å²) in [5, 5.41) is 9.09. The molecule has 0 unspecified atom stereocenters. The van der Waals surface area contributed by atoms with Gasteiger partial charge in [0.25, 0.3) is 0 Å². The second kappa shape index (κ2) is 8.45. The van der Waals surface area contributed by atoms with Crippen molar-refractivity contribution in [2.45, 2.75) is 12.1 Å². The maximum atomic E-state index is 11.5. The van der Waals surface area contributed by atoms with Crippen molar-refractivity contribution in [1.29, 1.82) is 0 Å². The van der Waals surface area contributed by atoms with Crippen molar-refractivity contribution < 1.29 is 9.53 Å². The number of benzene rings is 1. The van der Waals surface area contributed by atoms with Gasteiger partial charge in [0.15, 0.2) is 11.0 Å². The van der Waals surface area contributed by atoms with E-state index in [2.05, 4.69) is 20.6 Å². The first-order valence-corrected chi connectivity index (χ1v) is 8.92. The molecule has 0 fully saturated rings. The molecule has 0 aliphatic heterocycles. The number of rotatable bonds is 7. The van der Waals surface area contributed by atoms with Crippen LogP contribution in [-0.4, -0.2) is 38.0 Å². The summed E-state index contributed by atoms with van der Waals surface area (Å²) < 4.78 is 7.37. The van der Waals surface area contributed by atoms with E-state index in [0.29, 0.717) is 17.6 Å². The normalized spacial score (nSPS) is 10.5. The summed E-state index contributed by atoms with van der Waals surface area (Å²) in [6.45, 7) is 2.54. The molecule has 134 valence electrons. The Morgan fingerprint density at radius 1 is 1.27 bits per heavy atom. The van der Waals surface area contributed by atoms with Crippen LogP contribution in [-0.2, 0) is 4.79 Å². The van der Waals surface area contributed by atoms with E-state index in [1.54, 1.807) is 12.4 Å². The Labute approximate surface area is 154 Å². The Bertz CT molecular complexity index is 867. The van der Waals surface area contributed by atoms with Crippen LogP contribution >= 0.6 is 11.8 Å². The fourth-order valence-electron chi connectivity index (χ4n) is 2.31. The quantitative estimate of drug-likeness (QED) is 0.283. The standard InChI is InChI=1S/C17H18N6O2S/c1-2-25-14-7-5-13(6-8-14)23-16(12-4-3-9-19-10-12)21-22-17(23)26-11-15(24)20-18/h3-10H,2,11,18H2,1H3,(H,20,24). The number of nitrogens with two attached hydrogens (primary N) is 1. The molecule has 3 N–H and O–H groups in total. The van der Waals surface area contributed by atoms with Gasteiger partial charge in [-0.1, -0.05) is 11.8 Å². The number of hydrazine groups is 1. The van der Waals surface area contributed by atoms with E-state index >= 15 is 0 Å². The van der Waals surface area contributed by atoms with Gasteiger partial charge in [0.1, 0.15) is 5.75 Å². The molecule has 3 aromatic rings. The van der Waals surface area contributed by atoms with Crippen LogP contribution in [0.1, 0.15) is 6.92 Å². The zero-order valence-corrected chi connectivity index (χ0v) is 14.9. The van der Waals surface area contributed by atoms with Gasteiger partial charge in [-0.15, -0.1) is 10.2 Å². The minimum atomic E-state index is -0.292. The number of carbonyl (C=O) groups excluding carboxylic acids is 1. The van der Waals surface area contributed by atoms with Crippen molar-refractivity contribution in [2.75, 3.05) is 12.4 Å². The number of nitrogens with one attached hydrogen (secondary N) is 1. The highest BCUT2D eigenvalue weighted by Crippen LogP contribution is 2.28. The molecule has 0 aliphatic carbocycles. The minimum Gasteiger partial charge on any atom is -0.494 e. The van der Waals surface area contributed by atoms with Gasteiger partial charge in [0.05, 0.1) is 12.4 Å². The highest BCUT2D eigenvalue weighted by atomic mass is 32.2. The highest BCUT2D eigenvalue weighted by molar-refractivity contribution is 7.99. The Morgan fingerprint density at radius 2 is 2.08 bits per heavy atom. The van der Waals surface area contributed by atoms with Crippen molar-refractivity contribution in [3.63, 3.8) is 0 Å². The van der Waals surface area contributed by atoms with Gasteiger partial charge in [0.2, 0.25) is 5.91 Å². The molecule has 0 spiro atoms. The molecule has 2 aromatic heterocycles. The van der Waals surface area contributed by atoms with Gasteiger partial charge in [-0.25, -0.2) is 5.84 Å². The molecule has 2 heterocycles. The van der Waals surface area contributed by atoms with Crippen LogP contribution in [0.15, 0.2) is 53.9 Å². The van der Waals surface area contributed by atoms with Gasteiger partial charge in [-0.2, -0.15) is 0 Å². The Hall–Kier alpha value is -2.91. The van der Waals surface area contributed by atoms with Gasteiger partial charge < -0.3 is 4.74 Å². The first-order chi connectivity index (χ1) is 12.7. The smallest absolute Gasteiger partial charge is 0.244 e. The number of nitrogens with zero attached hydrogens (tertiary/aromatic N) is 4. The zero-order chi connectivity index (χ0) is 18.4. The average Bonchev–Trinajstić information content (AvgIpc) is 3.11. The number of ether oxygens (including phenoxy) is 1. The monoisotopic (exact) mass is 370 g/mol. The summed E-state index contributed by atoms with van der Waals surface area (Å²) in [5.74, 6) is 6.41. The Kier molecular flexibility index (Phi) is 5.82. The van der Waals surface area contributed by atoms with Gasteiger partial charge in [-0.3, -0.25) is 19.8 Å². The Balaban J connectivity index is 2.01. The fraction of sp³-hybridized carbons (Fsp3) is 0.176. The second-order valence-electron chi connectivity index (χ2n) is 5.17. The number of hydrogen-bond acceptors (Lipinski definition) is 7. The maximum absolute atomic E-state index is 11.5. The topological polar surface area (TPSA) is 108 Å². The molecule has 0 bridgehead atoms. The lowest BCUT2D eigenvalue weighted by Gasteiger charge is -2.11. The largest absolute Gasteiger partial charge is 0.494 e. The number of pyridine rings is 1. The van der Waals surface area contributed by atoms with Gasteiger partial charge >= 0.3 is 0 Å². The number of aromatic nitrogens is 4. The molecule has 0 saturated carbocycles. The van der Waals surface area contributed by atoms with Crippen molar-refractivity contribution in [1.82, 2.24) is 25.2 Å². The lowest BCUT2D eigenvalue weighted by molar-refractivity contribution is -0.118. The van der Waals surface area contributed by atoms with Crippen LogP contribution in [0.2, 0.25) is 0 Å². The predicted octanol–water partition coefficient (Wildman–Crippen LogP) is 1.81. The molecule has 8 nitrogen and oxygen atoms in total. The van der Waals surface area contributed by atoms with Crippen molar-refractivity contribution in [3.05, 3.63) is 48.8 Å². The Morgan fingerprint density at radius 3 is 2.73 bits per heavy atom. The van der Waals surface area contributed by atoms with Crippen LogP contribution in [0.25, 0.3) is 17.1 Å². The maximum Gasteiger partial charge on any atom is 0.244 e. The van der Waals surface area contributed by atoms with Crippen LogP contribution in [0.3, 0.4) is 0 Å². The van der Waals surface area contributed by atoms with Crippen molar-refractivity contribution in [2.24, 2.45) is 5.84 Å². The van der Waals surface area contributed by atoms with E-state index in [9.17, 15) is 4.79 Å². The third kappa shape index (κ3) is 4.01. The molecule has 0 aliphatic rings. The number of thioether (sulfide) groups is 1. The lowest BCUT2D eigenvalue weighted by Crippen LogP contribution is -2.31. The van der Waals surface area contributed by atoms with E-state index in [1.165, 1.54) is 11.8 Å². The molecular weight excluding hydrogens is 352 g/mol. The van der Waals surface area contributed by atoms with Crippen LogP contribution < -0.4 is 16.0 Å². The van der Waals surface area contributed by atoms with Gasteiger partial charge in [-0.05, 0) is 43.3 Å². The molecule has 26 heavy (non-hydrogen) atoms. The van der Waals surface area contributed by atoms with Crippen LogP contribution in [0.4, 0.5) is 0 Å². The number of hydrogen-bond donors (Lipinski definition) is 2. The van der Waals surface area contributed by atoms with E-state index < -0.39 is 0 Å². The molecule has 0 saturated heterocycles. The summed E-state index contributed by atoms with van der Waals surface area (Å²) in [6, 6.07) is 11.3. The summed E-state index contributed by atoms with van der Waals surface area (Å²) in [5.41, 5.74) is 3.79. The summed E-state index contributed by atoms with van der Waals surface area (Å²) in [4.78, 5) is 15.6. The van der Waals surface area contributed by atoms with Crippen LogP contribution in [0, 0.1) is 0 Å².